The standard InChI is InChI=1S/C29H37F3N8O4/c1-15-22(38-44-37-15)24(41)36-23(16-3-5-29(31,32)6-4-16)20-14-40-26(35-20)34-19(13-33-40)21-12-27(2,43)7-8-39(21)25(42)18-11-28(30)9-17(18)10-28/h13-14,16-18,21,23,25,42-43H,3-12H2,1-2H3,(H,36,41)/t17?,18?,21-,23+,25?,27+,28?/m1/s1. The van der Waals surface area contributed by atoms with Crippen molar-refractivity contribution in [1.29, 1.82) is 0 Å². The van der Waals surface area contributed by atoms with Gasteiger partial charge in [-0.05, 0) is 75.8 Å². The van der Waals surface area contributed by atoms with Gasteiger partial charge in [-0.2, -0.15) is 5.10 Å². The van der Waals surface area contributed by atoms with E-state index in [1.165, 1.54) is 4.52 Å². The number of halogens is 3. The van der Waals surface area contributed by atoms with E-state index in [-0.39, 0.29) is 54.9 Å². The molecule has 1 aliphatic heterocycles. The Balaban J connectivity index is 1.18. The molecule has 4 heterocycles. The van der Waals surface area contributed by atoms with E-state index < -0.39 is 41.4 Å². The second-order valence-corrected chi connectivity index (χ2v) is 13.7. The number of alkyl halides is 3. The van der Waals surface area contributed by atoms with E-state index in [0.29, 0.717) is 55.7 Å². The molecule has 15 heteroatoms. The lowest BCUT2D eigenvalue weighted by molar-refractivity contribution is -0.124. The number of fused-ring (bicyclic) bond motifs is 2. The molecule has 2 bridgehead atoms. The van der Waals surface area contributed by atoms with E-state index in [1.54, 1.807) is 26.2 Å². The molecule has 5 atom stereocenters. The number of piperidine rings is 1. The average Bonchev–Trinajstić information content (AvgIpc) is 3.72. The highest BCUT2D eigenvalue weighted by Gasteiger charge is 2.60. The van der Waals surface area contributed by atoms with Crippen LogP contribution in [0.5, 0.6) is 0 Å². The zero-order valence-electron chi connectivity index (χ0n) is 24.7. The smallest absolute Gasteiger partial charge is 0.276 e. The molecule has 1 saturated heterocycles. The van der Waals surface area contributed by atoms with E-state index in [0.717, 1.165) is 0 Å². The molecule has 4 saturated carbocycles. The molecule has 4 aliphatic carbocycles. The number of aliphatic hydroxyl groups excluding tert-OH is 1. The monoisotopic (exact) mass is 618 g/mol. The number of aryl methyl sites for hydroxylation is 1. The molecule has 5 aliphatic rings. The number of imidazole rings is 1. The lowest BCUT2D eigenvalue weighted by atomic mass is 9.79. The molecule has 3 N–H and O–H groups in total. The molecular formula is C29H37F3N8O4. The first-order valence-electron chi connectivity index (χ1n) is 15.4. The van der Waals surface area contributed by atoms with Crippen molar-refractivity contribution in [3.05, 3.63) is 35.2 Å². The summed E-state index contributed by atoms with van der Waals surface area (Å²) in [5.41, 5.74) is -0.976. The van der Waals surface area contributed by atoms with Gasteiger partial charge in [-0.1, -0.05) is 5.16 Å². The molecule has 0 radical (unpaired) electrons. The van der Waals surface area contributed by atoms with Gasteiger partial charge in [0.25, 0.3) is 11.7 Å². The van der Waals surface area contributed by atoms with Gasteiger partial charge in [-0.25, -0.2) is 32.3 Å². The normalized spacial score (nSPS) is 33.7. The Kier molecular flexibility index (Phi) is 7.01. The van der Waals surface area contributed by atoms with Crippen molar-refractivity contribution in [3.8, 4) is 0 Å². The summed E-state index contributed by atoms with van der Waals surface area (Å²) in [6, 6.07) is -1.21. The van der Waals surface area contributed by atoms with Crippen LogP contribution in [-0.2, 0) is 0 Å². The van der Waals surface area contributed by atoms with Gasteiger partial charge in [0.05, 0.1) is 41.5 Å². The molecule has 0 aromatic carbocycles. The number of carbonyl (C=O) groups is 1. The first kappa shape index (κ1) is 29.5. The predicted molar refractivity (Wildman–Crippen MR) is 147 cm³/mol. The van der Waals surface area contributed by atoms with Crippen molar-refractivity contribution in [2.45, 2.75) is 107 Å². The van der Waals surface area contributed by atoms with Crippen molar-refractivity contribution in [3.63, 3.8) is 0 Å². The Bertz CT molecular complexity index is 1550. The van der Waals surface area contributed by atoms with E-state index in [9.17, 15) is 28.2 Å². The Morgan fingerprint density at radius 1 is 1.11 bits per heavy atom. The number of carbonyl (C=O) groups excluding carboxylic acids is 1. The molecule has 12 nitrogen and oxygen atoms in total. The Morgan fingerprint density at radius 3 is 2.52 bits per heavy atom. The quantitative estimate of drug-likeness (QED) is 0.359. The zero-order chi connectivity index (χ0) is 31.0. The third-order valence-electron chi connectivity index (χ3n) is 10.4. The summed E-state index contributed by atoms with van der Waals surface area (Å²) in [5, 5.41) is 37.2. The largest absolute Gasteiger partial charge is 0.390 e. The van der Waals surface area contributed by atoms with Crippen molar-refractivity contribution in [2.75, 3.05) is 6.54 Å². The van der Waals surface area contributed by atoms with E-state index in [2.05, 4.69) is 30.3 Å². The summed E-state index contributed by atoms with van der Waals surface area (Å²) in [4.78, 5) is 24.5. The van der Waals surface area contributed by atoms with Crippen LogP contribution in [0.25, 0.3) is 5.78 Å². The van der Waals surface area contributed by atoms with Gasteiger partial charge in [0, 0.05) is 25.3 Å². The maximum absolute atomic E-state index is 14.7. The minimum atomic E-state index is -2.75. The van der Waals surface area contributed by atoms with Crippen LogP contribution in [0, 0.1) is 24.7 Å². The number of rotatable bonds is 7. The van der Waals surface area contributed by atoms with E-state index >= 15 is 0 Å². The lowest BCUT2D eigenvalue weighted by Crippen LogP contribution is -2.51. The fourth-order valence-corrected chi connectivity index (χ4v) is 7.88. The molecule has 2 unspecified atom stereocenters. The zero-order valence-corrected chi connectivity index (χ0v) is 24.7. The summed E-state index contributed by atoms with van der Waals surface area (Å²) >= 11 is 0. The number of nitrogens with one attached hydrogen (secondary N) is 1. The number of hydrogen-bond acceptors (Lipinski definition) is 10. The number of hydrogen-bond donors (Lipinski definition) is 3. The van der Waals surface area contributed by atoms with Crippen molar-refractivity contribution < 1.29 is 32.8 Å². The third kappa shape index (κ3) is 5.36. The topological polar surface area (TPSA) is 155 Å². The van der Waals surface area contributed by atoms with Crippen LogP contribution in [0.2, 0.25) is 0 Å². The van der Waals surface area contributed by atoms with Gasteiger partial charge in [0.2, 0.25) is 5.92 Å². The van der Waals surface area contributed by atoms with Crippen molar-refractivity contribution in [2.24, 2.45) is 17.8 Å². The Labute approximate surface area is 251 Å². The summed E-state index contributed by atoms with van der Waals surface area (Å²) in [6.45, 7) is 3.74. The minimum Gasteiger partial charge on any atom is -0.390 e. The number of likely N-dealkylation sites (tertiary alicyclic amines) is 1. The van der Waals surface area contributed by atoms with E-state index in [4.69, 9.17) is 4.98 Å². The van der Waals surface area contributed by atoms with Gasteiger partial charge >= 0.3 is 0 Å². The van der Waals surface area contributed by atoms with Crippen LogP contribution in [0.1, 0.15) is 104 Å². The second kappa shape index (κ2) is 10.4. The fraction of sp³-hybridized carbons (Fsp3) is 0.724. The molecular weight excluding hydrogens is 581 g/mol. The molecule has 1 amide bonds. The molecule has 238 valence electrons. The molecule has 44 heavy (non-hydrogen) atoms. The van der Waals surface area contributed by atoms with Gasteiger partial charge in [0.15, 0.2) is 5.69 Å². The Morgan fingerprint density at radius 2 is 1.86 bits per heavy atom. The average molecular weight is 619 g/mol. The molecule has 8 rings (SSSR count). The summed E-state index contributed by atoms with van der Waals surface area (Å²) < 4.78 is 48.9. The summed E-state index contributed by atoms with van der Waals surface area (Å²) in [5.74, 6) is -3.45. The minimum absolute atomic E-state index is 0.0000906. The van der Waals surface area contributed by atoms with Crippen molar-refractivity contribution >= 4 is 11.7 Å². The molecule has 0 spiro atoms. The molecule has 5 fully saturated rings. The predicted octanol–water partition coefficient (Wildman–Crippen LogP) is 3.46. The number of aromatic nitrogens is 6. The highest BCUT2D eigenvalue weighted by atomic mass is 19.3. The first-order chi connectivity index (χ1) is 20.8. The molecule has 3 aromatic heterocycles. The SMILES string of the molecule is Cc1nonc1C(=O)N[C@H](c1cn2ncc([C@H]3C[C@@](C)(O)CCN3C(O)C3CC4(F)CC3C4)nc2n1)C1CCC(F)(F)CC1. The second-order valence-electron chi connectivity index (χ2n) is 13.7. The number of aliphatic hydroxyl groups is 2. The Hall–Kier alpha value is -3.17. The highest BCUT2D eigenvalue weighted by Crippen LogP contribution is 2.59. The third-order valence-corrected chi connectivity index (χ3v) is 10.4. The van der Waals surface area contributed by atoms with Crippen LogP contribution in [0.15, 0.2) is 17.0 Å². The van der Waals surface area contributed by atoms with Crippen LogP contribution >= 0.6 is 0 Å². The maximum Gasteiger partial charge on any atom is 0.276 e. The van der Waals surface area contributed by atoms with Gasteiger partial charge < -0.3 is 15.5 Å². The number of nitrogens with zero attached hydrogens (tertiary/aromatic N) is 7. The van der Waals surface area contributed by atoms with Crippen LogP contribution in [-0.4, -0.2) is 80.9 Å². The fourth-order valence-electron chi connectivity index (χ4n) is 7.88. The van der Waals surface area contributed by atoms with Gasteiger partial charge in [-0.3, -0.25) is 9.69 Å². The maximum atomic E-state index is 14.7. The van der Waals surface area contributed by atoms with Crippen LogP contribution < -0.4 is 5.32 Å². The van der Waals surface area contributed by atoms with Gasteiger partial charge in [0.1, 0.15) is 17.6 Å². The summed E-state index contributed by atoms with van der Waals surface area (Å²) in [6.07, 6.45) is 4.10. The molecule has 3 aromatic rings. The highest BCUT2D eigenvalue weighted by molar-refractivity contribution is 5.93. The summed E-state index contributed by atoms with van der Waals surface area (Å²) in [7, 11) is 0. The van der Waals surface area contributed by atoms with Gasteiger partial charge in [-0.15, -0.1) is 0 Å². The lowest BCUT2D eigenvalue weighted by Gasteiger charge is -2.46. The van der Waals surface area contributed by atoms with Crippen LogP contribution in [0.3, 0.4) is 0 Å². The number of amides is 1. The van der Waals surface area contributed by atoms with Crippen molar-refractivity contribution in [1.82, 2.24) is 40.1 Å². The van der Waals surface area contributed by atoms with Crippen LogP contribution in [0.4, 0.5) is 13.2 Å². The van der Waals surface area contributed by atoms with E-state index in [1.807, 2.05) is 4.90 Å². The first-order valence-corrected chi connectivity index (χ1v) is 15.4.